The predicted molar refractivity (Wildman–Crippen MR) is 40.4 cm³/mol. The molecule has 1 saturated carbocycles. The molecule has 0 aromatic carbocycles. The van der Waals surface area contributed by atoms with Crippen LogP contribution < -0.4 is 0 Å². The summed E-state index contributed by atoms with van der Waals surface area (Å²) in [5, 5.41) is 10.2. The molecule has 1 aliphatic carbocycles. The minimum Gasteiger partial charge on any atom is -0.304 e. The molecule has 1 aliphatic rings. The highest BCUT2D eigenvalue weighted by molar-refractivity contribution is 4.72. The second-order valence-electron chi connectivity index (χ2n) is 3.26. The summed E-state index contributed by atoms with van der Waals surface area (Å²) in [6.07, 6.45) is 4.16. The summed E-state index contributed by atoms with van der Waals surface area (Å²) in [5.41, 5.74) is 0. The van der Waals surface area contributed by atoms with Crippen LogP contribution in [-0.2, 0) is 5.11 Å². The Labute approximate surface area is 62.8 Å². The van der Waals surface area contributed by atoms with Crippen LogP contribution in [0.25, 0.3) is 0 Å². The van der Waals surface area contributed by atoms with Crippen molar-refractivity contribution < 1.29 is 5.11 Å². The van der Waals surface area contributed by atoms with Gasteiger partial charge in [-0.1, -0.05) is 6.42 Å². The number of hydrogen-bond acceptors (Lipinski definition) is 1. The molecule has 0 unspecified atom stereocenters. The zero-order chi connectivity index (χ0) is 7.40. The van der Waals surface area contributed by atoms with E-state index in [4.69, 9.17) is 0 Å². The van der Waals surface area contributed by atoms with Crippen molar-refractivity contribution in [3.63, 3.8) is 0 Å². The smallest absolute Gasteiger partial charge is 0.0949 e. The zero-order valence-electron chi connectivity index (χ0n) is 6.68. The van der Waals surface area contributed by atoms with Gasteiger partial charge in [-0.3, -0.25) is 0 Å². The van der Waals surface area contributed by atoms with Crippen molar-refractivity contribution in [1.82, 2.24) is 4.90 Å². The van der Waals surface area contributed by atoms with Crippen LogP contribution in [0, 0.1) is 5.92 Å². The molecule has 0 amide bonds. The molecule has 0 bridgehead atoms. The van der Waals surface area contributed by atoms with Gasteiger partial charge in [0.25, 0.3) is 0 Å². The summed E-state index contributed by atoms with van der Waals surface area (Å²) in [7, 11) is 2.04. The van der Waals surface area contributed by atoms with Gasteiger partial charge in [0.2, 0.25) is 0 Å². The van der Waals surface area contributed by atoms with Crippen molar-refractivity contribution in [2.45, 2.75) is 19.3 Å². The predicted octanol–water partition coefficient (Wildman–Crippen LogP) is 1.15. The maximum Gasteiger partial charge on any atom is 0.0949 e. The Morgan fingerprint density at radius 3 is 2.60 bits per heavy atom. The van der Waals surface area contributed by atoms with Crippen LogP contribution in [0.4, 0.5) is 0 Å². The van der Waals surface area contributed by atoms with Gasteiger partial charge in [-0.2, -0.15) is 0 Å². The van der Waals surface area contributed by atoms with Crippen molar-refractivity contribution in [1.29, 1.82) is 0 Å². The number of nitrogens with zero attached hydrogens (tertiary/aromatic N) is 1. The lowest BCUT2D eigenvalue weighted by molar-refractivity contribution is 0.131. The summed E-state index contributed by atoms with van der Waals surface area (Å²) >= 11 is 0. The summed E-state index contributed by atoms with van der Waals surface area (Å²) in [4.78, 5) is 2.15. The van der Waals surface area contributed by atoms with Gasteiger partial charge in [-0.05, 0) is 25.8 Å². The Balaban J connectivity index is 1.99. The van der Waals surface area contributed by atoms with Crippen LogP contribution in [0.3, 0.4) is 0 Å². The molecule has 1 radical (unpaired) electrons. The molecule has 1 rings (SSSR count). The second-order valence-corrected chi connectivity index (χ2v) is 3.26. The summed E-state index contributed by atoms with van der Waals surface area (Å²) in [6, 6.07) is 0. The van der Waals surface area contributed by atoms with Crippen LogP contribution in [-0.4, -0.2) is 31.6 Å². The Bertz CT molecular complexity index is 91.3. The standard InChI is InChI=1S/C8H16NO/c1-9(5-6-10)7-8-3-2-4-8/h8H,2-7H2,1H3. The van der Waals surface area contributed by atoms with E-state index in [1.807, 2.05) is 7.05 Å². The van der Waals surface area contributed by atoms with E-state index in [0.717, 1.165) is 19.0 Å². The average Bonchev–Trinajstić information content (AvgIpc) is 1.80. The van der Waals surface area contributed by atoms with Gasteiger partial charge < -0.3 is 4.90 Å². The number of likely N-dealkylation sites (N-methyl/N-ethyl adjacent to an activating group) is 1. The summed E-state index contributed by atoms with van der Waals surface area (Å²) in [6.45, 7) is 1.90. The monoisotopic (exact) mass is 142 g/mol. The van der Waals surface area contributed by atoms with E-state index >= 15 is 0 Å². The molecule has 0 atom stereocenters. The first kappa shape index (κ1) is 8.02. The highest BCUT2D eigenvalue weighted by atomic mass is 16.3. The molecule has 2 nitrogen and oxygen atoms in total. The largest absolute Gasteiger partial charge is 0.304 e. The second kappa shape index (κ2) is 3.94. The van der Waals surface area contributed by atoms with Gasteiger partial charge in [0, 0.05) is 13.1 Å². The van der Waals surface area contributed by atoms with Crippen LogP contribution in [0.2, 0.25) is 0 Å². The molecule has 0 saturated heterocycles. The lowest BCUT2D eigenvalue weighted by Crippen LogP contribution is -2.31. The van der Waals surface area contributed by atoms with Gasteiger partial charge in [-0.25, -0.2) is 5.11 Å². The van der Waals surface area contributed by atoms with E-state index in [-0.39, 0.29) is 6.61 Å². The van der Waals surface area contributed by atoms with Crippen LogP contribution in [0.1, 0.15) is 19.3 Å². The molecule has 0 aromatic rings. The third kappa shape index (κ3) is 2.27. The van der Waals surface area contributed by atoms with Crippen molar-refractivity contribution in [2.24, 2.45) is 5.92 Å². The Hall–Kier alpha value is -0.0800. The first-order valence-electron chi connectivity index (χ1n) is 4.09. The average molecular weight is 142 g/mol. The van der Waals surface area contributed by atoms with Gasteiger partial charge in [0.1, 0.15) is 0 Å². The lowest BCUT2D eigenvalue weighted by Gasteiger charge is -2.29. The third-order valence-electron chi connectivity index (χ3n) is 2.27. The first-order valence-corrected chi connectivity index (χ1v) is 4.09. The molecule has 0 spiro atoms. The number of rotatable bonds is 4. The number of hydrogen-bond donors (Lipinski definition) is 0. The Kier molecular flexibility index (Phi) is 3.16. The molecule has 0 heterocycles. The van der Waals surface area contributed by atoms with Crippen molar-refractivity contribution in [3.8, 4) is 0 Å². The molecule has 0 N–H and O–H groups in total. The fourth-order valence-electron chi connectivity index (χ4n) is 1.36. The van der Waals surface area contributed by atoms with E-state index in [1.165, 1.54) is 19.3 Å². The highest BCUT2D eigenvalue weighted by Crippen LogP contribution is 2.26. The van der Waals surface area contributed by atoms with Crippen LogP contribution in [0.5, 0.6) is 0 Å². The van der Waals surface area contributed by atoms with E-state index in [1.54, 1.807) is 0 Å². The quantitative estimate of drug-likeness (QED) is 0.577. The van der Waals surface area contributed by atoms with Crippen molar-refractivity contribution >= 4 is 0 Å². The fourth-order valence-corrected chi connectivity index (χ4v) is 1.36. The minimum absolute atomic E-state index is 0.0449. The summed E-state index contributed by atoms with van der Waals surface area (Å²) < 4.78 is 0. The lowest BCUT2D eigenvalue weighted by atomic mass is 9.85. The molecular weight excluding hydrogens is 126 g/mol. The molecule has 10 heavy (non-hydrogen) atoms. The maximum absolute atomic E-state index is 10.2. The van der Waals surface area contributed by atoms with Crippen molar-refractivity contribution in [2.75, 3.05) is 26.7 Å². The molecule has 1 fully saturated rings. The fraction of sp³-hybridized carbons (Fsp3) is 1.00. The SMILES string of the molecule is CN(CC[O])CC1CCC1. The van der Waals surface area contributed by atoms with E-state index in [9.17, 15) is 5.11 Å². The third-order valence-corrected chi connectivity index (χ3v) is 2.27. The maximum atomic E-state index is 10.2. The van der Waals surface area contributed by atoms with Gasteiger partial charge in [0.05, 0.1) is 6.61 Å². The normalized spacial score (nSPS) is 19.5. The van der Waals surface area contributed by atoms with Gasteiger partial charge in [-0.15, -0.1) is 0 Å². The van der Waals surface area contributed by atoms with E-state index in [2.05, 4.69) is 4.90 Å². The van der Waals surface area contributed by atoms with Gasteiger partial charge >= 0.3 is 0 Å². The van der Waals surface area contributed by atoms with E-state index in [0.29, 0.717) is 0 Å². The highest BCUT2D eigenvalue weighted by Gasteiger charge is 2.18. The molecular formula is C8H16NO. The van der Waals surface area contributed by atoms with Crippen LogP contribution in [0.15, 0.2) is 0 Å². The molecule has 59 valence electrons. The molecule has 0 aromatic heterocycles. The van der Waals surface area contributed by atoms with Crippen molar-refractivity contribution in [3.05, 3.63) is 0 Å². The molecule has 2 heteroatoms. The topological polar surface area (TPSA) is 23.1 Å². The molecule has 0 aliphatic heterocycles. The van der Waals surface area contributed by atoms with E-state index < -0.39 is 0 Å². The minimum atomic E-state index is 0.0449. The summed E-state index contributed by atoms with van der Waals surface area (Å²) in [5.74, 6) is 0.900. The Morgan fingerprint density at radius 2 is 2.20 bits per heavy atom. The zero-order valence-corrected chi connectivity index (χ0v) is 6.68. The first-order chi connectivity index (χ1) is 4.83. The Morgan fingerprint density at radius 1 is 1.50 bits per heavy atom. The van der Waals surface area contributed by atoms with Crippen LogP contribution >= 0.6 is 0 Å². The van der Waals surface area contributed by atoms with Gasteiger partial charge in [0.15, 0.2) is 0 Å².